The summed E-state index contributed by atoms with van der Waals surface area (Å²) in [5.41, 5.74) is 3.59. The topological polar surface area (TPSA) is 70.4 Å². The summed E-state index contributed by atoms with van der Waals surface area (Å²) >= 11 is 0. The predicted octanol–water partition coefficient (Wildman–Crippen LogP) is 2.15. The number of rotatable bonds is 5. The molecule has 0 fully saturated rings. The van der Waals surface area contributed by atoms with Crippen molar-refractivity contribution in [1.82, 2.24) is 25.4 Å². The van der Waals surface area contributed by atoms with E-state index in [9.17, 15) is 0 Å². The molecule has 1 aliphatic rings. The number of nitrogens with one attached hydrogen (secondary N) is 2. The maximum Gasteiger partial charge on any atom is 0.191 e. The first-order valence-corrected chi connectivity index (χ1v) is 9.63. The molecule has 0 radical (unpaired) electrons. The molecule has 0 saturated carbocycles. The molecule has 2 aromatic rings. The van der Waals surface area contributed by atoms with Crippen molar-refractivity contribution in [3.05, 3.63) is 41.3 Å². The number of aromatic nitrogens is 3. The highest BCUT2D eigenvalue weighted by Crippen LogP contribution is 2.21. The lowest BCUT2D eigenvalue weighted by atomic mass is 9.94. The Morgan fingerprint density at radius 3 is 2.89 bits per heavy atom. The highest BCUT2D eigenvalue weighted by atomic mass is 15.3. The highest BCUT2D eigenvalue weighted by Gasteiger charge is 2.23. The maximum atomic E-state index is 4.76. The van der Waals surface area contributed by atoms with Crippen molar-refractivity contribution in [2.75, 3.05) is 26.0 Å². The zero-order chi connectivity index (χ0) is 19.4. The summed E-state index contributed by atoms with van der Waals surface area (Å²) in [6, 6.07) is 6.82. The summed E-state index contributed by atoms with van der Waals surface area (Å²) in [5, 5.41) is 11.7. The van der Waals surface area contributed by atoms with Gasteiger partial charge in [0.1, 0.15) is 5.82 Å². The maximum absolute atomic E-state index is 4.76. The molecule has 1 unspecified atom stereocenters. The van der Waals surface area contributed by atoms with Gasteiger partial charge in [-0.1, -0.05) is 6.07 Å². The van der Waals surface area contributed by atoms with Crippen LogP contribution in [-0.4, -0.2) is 47.9 Å². The molecule has 2 aromatic heterocycles. The lowest BCUT2D eigenvalue weighted by molar-refractivity contribution is 0.499. The van der Waals surface area contributed by atoms with Gasteiger partial charge in [0.15, 0.2) is 5.96 Å². The van der Waals surface area contributed by atoms with Crippen LogP contribution in [0.25, 0.3) is 0 Å². The van der Waals surface area contributed by atoms with Gasteiger partial charge >= 0.3 is 0 Å². The average Bonchev–Trinajstić information content (AvgIpc) is 3.09. The number of anilines is 1. The third-order valence-electron chi connectivity index (χ3n) is 4.88. The normalized spacial score (nSPS) is 17.0. The SMILES string of the molecule is CN=C(NCc1cccc(N(C)C)n1)NC1CCc2cn(C(C)C)nc2C1. The Bertz CT molecular complexity index is 791. The molecule has 7 heteroatoms. The summed E-state index contributed by atoms with van der Waals surface area (Å²) in [6.07, 6.45) is 5.28. The van der Waals surface area contributed by atoms with Crippen molar-refractivity contribution in [1.29, 1.82) is 0 Å². The lowest BCUT2D eigenvalue weighted by Crippen LogP contribution is -2.45. The highest BCUT2D eigenvalue weighted by molar-refractivity contribution is 5.80. The van der Waals surface area contributed by atoms with Crippen molar-refractivity contribution < 1.29 is 0 Å². The summed E-state index contributed by atoms with van der Waals surface area (Å²) in [4.78, 5) is 11.0. The molecular weight excluding hydrogens is 338 g/mol. The van der Waals surface area contributed by atoms with E-state index in [0.717, 1.165) is 36.7 Å². The smallest absolute Gasteiger partial charge is 0.191 e. The summed E-state index contributed by atoms with van der Waals surface area (Å²) < 4.78 is 2.07. The molecule has 1 aliphatic carbocycles. The van der Waals surface area contributed by atoms with Crippen LogP contribution in [0.15, 0.2) is 29.4 Å². The van der Waals surface area contributed by atoms with Crippen LogP contribution >= 0.6 is 0 Å². The minimum Gasteiger partial charge on any atom is -0.363 e. The van der Waals surface area contributed by atoms with E-state index in [4.69, 9.17) is 5.10 Å². The third kappa shape index (κ3) is 4.78. The van der Waals surface area contributed by atoms with Crippen molar-refractivity contribution in [3.8, 4) is 0 Å². The molecule has 0 aromatic carbocycles. The fourth-order valence-electron chi connectivity index (χ4n) is 3.28. The zero-order valence-electron chi connectivity index (χ0n) is 17.0. The molecule has 3 rings (SSSR count). The van der Waals surface area contributed by atoms with Crippen molar-refractivity contribution in [2.45, 2.75) is 51.7 Å². The Morgan fingerprint density at radius 1 is 1.37 bits per heavy atom. The molecule has 0 saturated heterocycles. The standard InChI is InChI=1S/C20H31N7/c1-14(2)27-13-15-9-10-16(11-18(15)25-27)24-20(21-3)22-12-17-7-6-8-19(23-17)26(4)5/h6-8,13-14,16H,9-12H2,1-5H3,(H2,21,22,24). The number of aliphatic imine (C=N–C) groups is 1. The van der Waals surface area contributed by atoms with Gasteiger partial charge in [-0.2, -0.15) is 5.10 Å². The van der Waals surface area contributed by atoms with E-state index < -0.39 is 0 Å². The molecule has 0 bridgehead atoms. The van der Waals surface area contributed by atoms with Gasteiger partial charge in [-0.3, -0.25) is 9.67 Å². The second-order valence-corrected chi connectivity index (χ2v) is 7.57. The van der Waals surface area contributed by atoms with Gasteiger partial charge in [-0.05, 0) is 44.4 Å². The minimum atomic E-state index is 0.347. The van der Waals surface area contributed by atoms with Crippen molar-refractivity contribution in [3.63, 3.8) is 0 Å². The Kier molecular flexibility index (Phi) is 5.98. The van der Waals surface area contributed by atoms with E-state index in [2.05, 4.69) is 45.3 Å². The van der Waals surface area contributed by atoms with Crippen LogP contribution in [0.3, 0.4) is 0 Å². The first-order valence-electron chi connectivity index (χ1n) is 9.63. The van der Waals surface area contributed by atoms with Gasteiger partial charge in [0.25, 0.3) is 0 Å². The van der Waals surface area contributed by atoms with E-state index in [1.54, 1.807) is 7.05 Å². The molecular formula is C20H31N7. The second-order valence-electron chi connectivity index (χ2n) is 7.57. The lowest BCUT2D eigenvalue weighted by Gasteiger charge is -2.24. The number of guanidine groups is 1. The van der Waals surface area contributed by atoms with Crippen LogP contribution < -0.4 is 15.5 Å². The molecule has 0 spiro atoms. The molecule has 1 atom stereocenters. The number of pyridine rings is 1. The van der Waals surface area contributed by atoms with Gasteiger partial charge in [-0.15, -0.1) is 0 Å². The van der Waals surface area contributed by atoms with Gasteiger partial charge in [-0.25, -0.2) is 4.98 Å². The van der Waals surface area contributed by atoms with Crippen LogP contribution in [0.2, 0.25) is 0 Å². The summed E-state index contributed by atoms with van der Waals surface area (Å²) in [7, 11) is 5.80. The quantitative estimate of drug-likeness (QED) is 0.624. The predicted molar refractivity (Wildman–Crippen MR) is 110 cm³/mol. The van der Waals surface area contributed by atoms with Gasteiger partial charge in [0.05, 0.1) is 17.9 Å². The van der Waals surface area contributed by atoms with Gasteiger partial charge in [0.2, 0.25) is 0 Å². The molecule has 146 valence electrons. The van der Waals surface area contributed by atoms with Gasteiger partial charge < -0.3 is 15.5 Å². The van der Waals surface area contributed by atoms with Crippen LogP contribution in [0.1, 0.15) is 43.3 Å². The Hall–Kier alpha value is -2.57. The first kappa shape index (κ1) is 19.2. The number of nitrogens with zero attached hydrogens (tertiary/aromatic N) is 5. The summed E-state index contributed by atoms with van der Waals surface area (Å²) in [6.45, 7) is 4.97. The number of hydrogen-bond donors (Lipinski definition) is 2. The fraction of sp³-hybridized carbons (Fsp3) is 0.550. The van der Waals surface area contributed by atoms with E-state index >= 15 is 0 Å². The molecule has 0 aliphatic heterocycles. The molecule has 2 heterocycles. The van der Waals surface area contributed by atoms with Crippen LogP contribution in [0, 0.1) is 0 Å². The molecule has 2 N–H and O–H groups in total. The zero-order valence-corrected chi connectivity index (χ0v) is 17.0. The van der Waals surface area contributed by atoms with E-state index in [-0.39, 0.29) is 0 Å². The Labute approximate surface area is 161 Å². The van der Waals surface area contributed by atoms with Crippen molar-refractivity contribution in [2.24, 2.45) is 4.99 Å². The molecule has 27 heavy (non-hydrogen) atoms. The van der Waals surface area contributed by atoms with Crippen LogP contribution in [0.4, 0.5) is 5.82 Å². The van der Waals surface area contributed by atoms with E-state index in [0.29, 0.717) is 18.6 Å². The average molecular weight is 370 g/mol. The minimum absolute atomic E-state index is 0.347. The number of aryl methyl sites for hydroxylation is 1. The van der Waals surface area contributed by atoms with Gasteiger partial charge in [0, 0.05) is 45.8 Å². The van der Waals surface area contributed by atoms with Crippen molar-refractivity contribution >= 4 is 11.8 Å². The Morgan fingerprint density at radius 2 is 2.19 bits per heavy atom. The van der Waals surface area contributed by atoms with E-state index in [1.165, 1.54) is 11.3 Å². The Balaban J connectivity index is 1.57. The molecule has 7 nitrogen and oxygen atoms in total. The first-order chi connectivity index (χ1) is 13.0. The van der Waals surface area contributed by atoms with E-state index in [1.807, 2.05) is 37.2 Å². The summed E-state index contributed by atoms with van der Waals surface area (Å²) in [5.74, 6) is 1.77. The number of fused-ring (bicyclic) bond motifs is 1. The largest absolute Gasteiger partial charge is 0.363 e. The van der Waals surface area contributed by atoms with Crippen LogP contribution in [-0.2, 0) is 19.4 Å². The third-order valence-corrected chi connectivity index (χ3v) is 4.88. The fourth-order valence-corrected chi connectivity index (χ4v) is 3.28. The second kappa shape index (κ2) is 8.41. The number of hydrogen-bond acceptors (Lipinski definition) is 4. The molecule has 0 amide bonds. The monoisotopic (exact) mass is 369 g/mol. The van der Waals surface area contributed by atoms with Crippen LogP contribution in [0.5, 0.6) is 0 Å².